The second kappa shape index (κ2) is 5.70. The van der Waals surface area contributed by atoms with Crippen molar-refractivity contribution < 1.29 is 32.4 Å². The third kappa shape index (κ3) is 4.03. The van der Waals surface area contributed by atoms with Crippen LogP contribution < -0.4 is 4.74 Å². The monoisotopic (exact) mass is 296 g/mol. The first kappa shape index (κ1) is 15.6. The summed E-state index contributed by atoms with van der Waals surface area (Å²) in [6, 6.07) is 3.38. The van der Waals surface area contributed by atoms with E-state index in [1.165, 1.54) is 12.3 Å². The van der Waals surface area contributed by atoms with E-state index < -0.39 is 40.7 Å². The molecule has 0 aliphatic heterocycles. The summed E-state index contributed by atoms with van der Waals surface area (Å²) in [4.78, 5) is 11.2. The number of ether oxygens (including phenoxy) is 1. The van der Waals surface area contributed by atoms with Crippen LogP contribution in [0.1, 0.15) is 17.3 Å². The fraction of sp³-hybridized carbons (Fsp3) is 0.364. The van der Waals surface area contributed by atoms with E-state index in [1.54, 1.807) is 0 Å². The summed E-state index contributed by atoms with van der Waals surface area (Å²) < 4.78 is 52.9. The molecule has 0 aromatic heterocycles. The third-order valence-corrected chi connectivity index (χ3v) is 3.20. The number of benzene rings is 1. The average molecular weight is 296 g/mol. The Bertz CT molecular complexity index is 473. The second-order valence-corrected chi connectivity index (χ2v) is 5.10. The van der Waals surface area contributed by atoms with Gasteiger partial charge < -0.3 is 14.4 Å². The van der Waals surface area contributed by atoms with Crippen LogP contribution in [0, 0.1) is 0 Å². The highest BCUT2D eigenvalue weighted by Gasteiger charge is 2.38. The van der Waals surface area contributed by atoms with Crippen molar-refractivity contribution in [2.24, 2.45) is 0 Å². The predicted octanol–water partition coefficient (Wildman–Crippen LogP) is 2.45. The van der Waals surface area contributed by atoms with E-state index in [0.29, 0.717) is 0 Å². The van der Waals surface area contributed by atoms with Gasteiger partial charge in [-0.3, -0.25) is 0 Å². The normalized spacial score (nSPS) is 14.8. The highest BCUT2D eigenvalue weighted by Crippen LogP contribution is 2.28. The van der Waals surface area contributed by atoms with Crippen molar-refractivity contribution >= 4 is 17.1 Å². The molecule has 19 heavy (non-hydrogen) atoms. The third-order valence-electron chi connectivity index (χ3n) is 2.28. The lowest BCUT2D eigenvalue weighted by Gasteiger charge is -2.19. The molecule has 8 heteroatoms. The van der Waals surface area contributed by atoms with E-state index in [0.717, 1.165) is 19.1 Å². The summed E-state index contributed by atoms with van der Waals surface area (Å²) >= 11 is -1.43. The maximum Gasteiger partial charge on any atom is 0.425 e. The summed E-state index contributed by atoms with van der Waals surface area (Å²) in [5.41, 5.74) is -0.455. The summed E-state index contributed by atoms with van der Waals surface area (Å²) in [5, 5.41) is 8.93. The summed E-state index contributed by atoms with van der Waals surface area (Å²) in [6.07, 6.45) is -5.40. The molecule has 0 aliphatic carbocycles. The van der Waals surface area contributed by atoms with Gasteiger partial charge in [0.25, 0.3) is 0 Å². The van der Waals surface area contributed by atoms with E-state index >= 15 is 0 Å². The van der Waals surface area contributed by atoms with Gasteiger partial charge in [-0.2, -0.15) is 13.2 Å². The fourth-order valence-corrected chi connectivity index (χ4v) is 1.76. The zero-order chi connectivity index (χ0) is 14.8. The number of carboxylic acid groups (broad SMARTS) is 1. The van der Waals surface area contributed by atoms with Crippen LogP contribution in [0.3, 0.4) is 0 Å². The number of rotatable bonds is 4. The van der Waals surface area contributed by atoms with Gasteiger partial charge in [-0.25, -0.2) is 4.79 Å². The van der Waals surface area contributed by atoms with Crippen molar-refractivity contribution in [3.8, 4) is 5.75 Å². The SMILES string of the molecule is C[C@H](Oc1ccc([S+](C)[O-])cc1C(=O)O)C(F)(F)F. The van der Waals surface area contributed by atoms with Crippen molar-refractivity contribution in [2.75, 3.05) is 6.26 Å². The maximum absolute atomic E-state index is 12.4. The molecular weight excluding hydrogens is 285 g/mol. The first-order chi connectivity index (χ1) is 8.62. The van der Waals surface area contributed by atoms with Gasteiger partial charge in [0.2, 0.25) is 0 Å². The van der Waals surface area contributed by atoms with Crippen LogP contribution >= 0.6 is 0 Å². The molecule has 0 bridgehead atoms. The van der Waals surface area contributed by atoms with Crippen LogP contribution in [0.25, 0.3) is 0 Å². The molecule has 0 aliphatic rings. The van der Waals surface area contributed by atoms with Gasteiger partial charge in [0.1, 0.15) is 17.6 Å². The van der Waals surface area contributed by atoms with E-state index in [2.05, 4.69) is 4.74 Å². The topological polar surface area (TPSA) is 69.6 Å². The number of aromatic carboxylic acids is 1. The minimum Gasteiger partial charge on any atom is -0.612 e. The zero-order valence-electron chi connectivity index (χ0n) is 10.0. The van der Waals surface area contributed by atoms with Crippen molar-refractivity contribution in [3.63, 3.8) is 0 Å². The fourth-order valence-electron chi connectivity index (χ4n) is 1.22. The van der Waals surface area contributed by atoms with Crippen molar-refractivity contribution in [2.45, 2.75) is 24.1 Å². The molecular formula is C11H11F3O4S. The lowest BCUT2D eigenvalue weighted by molar-refractivity contribution is -0.189. The van der Waals surface area contributed by atoms with Crippen LogP contribution in [0.2, 0.25) is 0 Å². The first-order valence-electron chi connectivity index (χ1n) is 5.07. The first-order valence-corrected chi connectivity index (χ1v) is 6.63. The molecule has 1 unspecified atom stereocenters. The Morgan fingerprint density at radius 2 is 2.05 bits per heavy atom. The molecule has 0 fully saturated rings. The van der Waals surface area contributed by atoms with Crippen LogP contribution in [-0.2, 0) is 11.2 Å². The maximum atomic E-state index is 12.4. The number of hydrogen-bond acceptors (Lipinski definition) is 3. The van der Waals surface area contributed by atoms with Gasteiger partial charge in [0, 0.05) is 6.07 Å². The molecule has 1 rings (SSSR count). The minimum atomic E-state index is -4.60. The Labute approximate surface area is 110 Å². The molecule has 4 nitrogen and oxygen atoms in total. The Kier molecular flexibility index (Phi) is 4.70. The standard InChI is InChI=1S/C11H11F3O4S/c1-6(11(12,13)14)18-9-4-3-7(19(2)17)5-8(9)10(15)16/h3-6H,1-2H3,(H,15,16)/t6-,19?/m0/s1. The van der Waals surface area contributed by atoms with Crippen LogP contribution in [-0.4, -0.2) is 34.2 Å². The van der Waals surface area contributed by atoms with Crippen molar-refractivity contribution in [3.05, 3.63) is 23.8 Å². The zero-order valence-corrected chi connectivity index (χ0v) is 10.8. The largest absolute Gasteiger partial charge is 0.612 e. The summed E-state index contributed by atoms with van der Waals surface area (Å²) in [5.74, 6) is -1.86. The molecule has 0 radical (unpaired) electrons. The van der Waals surface area contributed by atoms with Gasteiger partial charge in [0.15, 0.2) is 11.0 Å². The quantitative estimate of drug-likeness (QED) is 0.866. The molecule has 0 saturated carbocycles. The molecule has 1 aromatic carbocycles. The van der Waals surface area contributed by atoms with Gasteiger partial charge >= 0.3 is 12.1 Å². The van der Waals surface area contributed by atoms with Crippen LogP contribution in [0.15, 0.2) is 23.1 Å². The molecule has 1 aromatic rings. The summed E-state index contributed by atoms with van der Waals surface area (Å²) in [7, 11) is 0. The number of carboxylic acids is 1. The molecule has 0 saturated heterocycles. The van der Waals surface area contributed by atoms with Crippen LogP contribution in [0.5, 0.6) is 5.75 Å². The Morgan fingerprint density at radius 3 is 2.47 bits per heavy atom. The predicted molar refractivity (Wildman–Crippen MR) is 61.9 cm³/mol. The average Bonchev–Trinajstić information content (AvgIpc) is 2.27. The highest BCUT2D eigenvalue weighted by atomic mass is 32.2. The smallest absolute Gasteiger partial charge is 0.425 e. The Hall–Kier alpha value is -1.41. The Balaban J connectivity index is 3.11. The molecule has 2 atom stereocenters. The molecule has 0 spiro atoms. The van der Waals surface area contributed by atoms with E-state index in [4.69, 9.17) is 5.11 Å². The van der Waals surface area contributed by atoms with Gasteiger partial charge in [-0.05, 0) is 30.2 Å². The number of hydrogen-bond donors (Lipinski definition) is 1. The van der Waals surface area contributed by atoms with E-state index in [1.807, 2.05) is 0 Å². The Morgan fingerprint density at radius 1 is 1.47 bits per heavy atom. The van der Waals surface area contributed by atoms with Crippen molar-refractivity contribution in [1.82, 2.24) is 0 Å². The molecule has 0 heterocycles. The lowest BCUT2D eigenvalue weighted by Crippen LogP contribution is -2.31. The van der Waals surface area contributed by atoms with E-state index in [9.17, 15) is 22.5 Å². The molecule has 106 valence electrons. The van der Waals surface area contributed by atoms with Gasteiger partial charge in [-0.15, -0.1) is 0 Å². The minimum absolute atomic E-state index is 0.199. The molecule has 0 amide bonds. The second-order valence-electron chi connectivity index (χ2n) is 3.72. The number of halogens is 3. The van der Waals surface area contributed by atoms with Crippen LogP contribution in [0.4, 0.5) is 13.2 Å². The van der Waals surface area contributed by atoms with Gasteiger partial charge in [-0.1, -0.05) is 0 Å². The molecule has 1 N–H and O–H groups in total. The summed E-state index contributed by atoms with van der Waals surface area (Å²) in [6.45, 7) is 0.775. The number of alkyl halides is 3. The number of carbonyl (C=O) groups is 1. The van der Waals surface area contributed by atoms with Crippen molar-refractivity contribution in [1.29, 1.82) is 0 Å². The van der Waals surface area contributed by atoms with Gasteiger partial charge in [0.05, 0.1) is 0 Å². The lowest BCUT2D eigenvalue weighted by atomic mass is 10.2. The van der Waals surface area contributed by atoms with E-state index in [-0.39, 0.29) is 4.90 Å². The highest BCUT2D eigenvalue weighted by molar-refractivity contribution is 7.90.